The van der Waals surface area contributed by atoms with Gasteiger partial charge in [0.1, 0.15) is 37.5 Å². The summed E-state index contributed by atoms with van der Waals surface area (Å²) in [6, 6.07) is 14.5. The third kappa shape index (κ3) is 14.8. The van der Waals surface area contributed by atoms with Crippen molar-refractivity contribution in [2.75, 3.05) is 0 Å². The van der Waals surface area contributed by atoms with E-state index in [1.165, 1.54) is 0 Å². The lowest BCUT2D eigenvalue weighted by Gasteiger charge is -2.36. The number of hydrogen-bond acceptors (Lipinski definition) is 8. The summed E-state index contributed by atoms with van der Waals surface area (Å²) < 4.78 is 10.6. The Hall–Kier alpha value is -4.16. The van der Waals surface area contributed by atoms with Gasteiger partial charge in [-0.1, -0.05) is 116 Å². The summed E-state index contributed by atoms with van der Waals surface area (Å²) in [7, 11) is 0. The molecule has 0 radical (unpaired) electrons. The van der Waals surface area contributed by atoms with E-state index in [0.29, 0.717) is 12.8 Å². The number of rotatable bonds is 19. The molecule has 4 amide bonds. The molecule has 2 rings (SSSR count). The number of benzene rings is 2. The van der Waals surface area contributed by atoms with Crippen LogP contribution in [-0.2, 0) is 32.3 Å². The standard InChI is InChI=1S/C38H58N4O8/c1-23(2)19-29(39-35(45)31(25(5)6)41-37(47)49-21-27-15-11-9-12-16-27)33(43)34(44)30(20-24(3)4)40-36(46)32(26(7)8)42-38(48)50-22-28-17-13-10-14-18-28/h9-18,23-26,29-34,43-44H,19-22H2,1-8H3,(H,39,45)(H,40,46)(H,41,47)(H,42,48)/t29-,30-,31-,32+,33-,34+/m0/s1. The molecule has 0 heterocycles. The third-order valence-corrected chi connectivity index (χ3v) is 8.15. The Morgan fingerprint density at radius 2 is 0.860 bits per heavy atom. The topological polar surface area (TPSA) is 175 Å². The summed E-state index contributed by atoms with van der Waals surface area (Å²) in [5.74, 6) is -1.72. The summed E-state index contributed by atoms with van der Waals surface area (Å²) >= 11 is 0. The Labute approximate surface area is 297 Å². The number of carbonyl (C=O) groups excluding carboxylic acids is 4. The molecule has 12 nitrogen and oxygen atoms in total. The molecule has 0 aliphatic heterocycles. The normalized spacial score (nSPS) is 15.1. The molecule has 0 aliphatic carbocycles. The van der Waals surface area contributed by atoms with Gasteiger partial charge in [0.2, 0.25) is 11.8 Å². The number of aliphatic hydroxyl groups excluding tert-OH is 2. The average molecular weight is 699 g/mol. The zero-order chi connectivity index (χ0) is 37.4. The van der Waals surface area contributed by atoms with Gasteiger partial charge < -0.3 is 41.0 Å². The number of amides is 4. The number of hydrogen-bond donors (Lipinski definition) is 6. The van der Waals surface area contributed by atoms with Gasteiger partial charge in [-0.05, 0) is 47.6 Å². The van der Waals surface area contributed by atoms with Crippen LogP contribution in [0.25, 0.3) is 0 Å². The van der Waals surface area contributed by atoms with Gasteiger partial charge in [0.05, 0.1) is 12.1 Å². The monoisotopic (exact) mass is 698 g/mol. The Bertz CT molecular complexity index is 1220. The van der Waals surface area contributed by atoms with Crippen LogP contribution in [0.4, 0.5) is 9.59 Å². The predicted octanol–water partition coefficient (Wildman–Crippen LogP) is 4.67. The Kier molecular flexibility index (Phi) is 17.8. The SMILES string of the molecule is CC(C)C[C@H](NC(=O)[C@@H](NC(=O)OCc1ccccc1)C(C)C)[C@H](O)[C@H](O)[C@H](CC(C)C)NC(=O)[C@H](NC(=O)OCc1ccccc1)C(C)C. The molecule has 0 bridgehead atoms. The van der Waals surface area contributed by atoms with Gasteiger partial charge in [0, 0.05) is 0 Å². The summed E-state index contributed by atoms with van der Waals surface area (Å²) in [6.07, 6.45) is -3.88. The lowest BCUT2D eigenvalue weighted by atomic mass is 9.88. The highest BCUT2D eigenvalue weighted by atomic mass is 16.6. The van der Waals surface area contributed by atoms with Crippen molar-refractivity contribution in [1.82, 2.24) is 21.3 Å². The van der Waals surface area contributed by atoms with Crippen LogP contribution in [0.15, 0.2) is 60.7 Å². The molecule has 6 atom stereocenters. The largest absolute Gasteiger partial charge is 0.445 e. The van der Waals surface area contributed by atoms with E-state index in [2.05, 4.69) is 21.3 Å². The lowest BCUT2D eigenvalue weighted by molar-refractivity contribution is -0.129. The van der Waals surface area contributed by atoms with E-state index in [1.54, 1.807) is 27.7 Å². The third-order valence-electron chi connectivity index (χ3n) is 8.15. The van der Waals surface area contributed by atoms with Crippen molar-refractivity contribution < 1.29 is 38.9 Å². The fourth-order valence-corrected chi connectivity index (χ4v) is 5.46. The second kappa shape index (κ2) is 21.1. The van der Waals surface area contributed by atoms with Crippen LogP contribution in [0.1, 0.15) is 79.4 Å². The van der Waals surface area contributed by atoms with Gasteiger partial charge in [-0.15, -0.1) is 0 Å². The highest BCUT2D eigenvalue weighted by Gasteiger charge is 2.38. The summed E-state index contributed by atoms with van der Waals surface area (Å²) in [5, 5.41) is 34.0. The fourth-order valence-electron chi connectivity index (χ4n) is 5.46. The van der Waals surface area contributed by atoms with Crippen molar-refractivity contribution in [2.24, 2.45) is 23.7 Å². The second-order valence-corrected chi connectivity index (χ2v) is 14.3. The molecule has 278 valence electrons. The zero-order valence-electron chi connectivity index (χ0n) is 30.7. The van der Waals surface area contributed by atoms with E-state index in [0.717, 1.165) is 11.1 Å². The van der Waals surface area contributed by atoms with E-state index in [-0.39, 0.29) is 36.9 Å². The van der Waals surface area contributed by atoms with Crippen LogP contribution in [0.5, 0.6) is 0 Å². The molecule has 0 unspecified atom stereocenters. The molecule has 2 aromatic rings. The van der Waals surface area contributed by atoms with Crippen LogP contribution in [-0.4, -0.2) is 70.6 Å². The van der Waals surface area contributed by atoms with Crippen LogP contribution in [0.2, 0.25) is 0 Å². The molecule has 0 aromatic heterocycles. The second-order valence-electron chi connectivity index (χ2n) is 14.3. The maximum atomic E-state index is 13.6. The predicted molar refractivity (Wildman–Crippen MR) is 192 cm³/mol. The molecule has 0 spiro atoms. The van der Waals surface area contributed by atoms with Gasteiger partial charge in [0.15, 0.2) is 0 Å². The van der Waals surface area contributed by atoms with E-state index in [9.17, 15) is 29.4 Å². The van der Waals surface area contributed by atoms with Crippen LogP contribution in [0, 0.1) is 23.7 Å². The first kappa shape index (κ1) is 42.0. The van der Waals surface area contributed by atoms with Crippen molar-refractivity contribution in [3.8, 4) is 0 Å². The van der Waals surface area contributed by atoms with Gasteiger partial charge in [0.25, 0.3) is 0 Å². The highest BCUT2D eigenvalue weighted by molar-refractivity contribution is 5.87. The number of carbonyl (C=O) groups is 4. The van der Waals surface area contributed by atoms with Crippen molar-refractivity contribution in [2.45, 2.75) is 118 Å². The van der Waals surface area contributed by atoms with E-state index in [1.807, 2.05) is 88.4 Å². The van der Waals surface area contributed by atoms with E-state index < -0.39 is 60.4 Å². The average Bonchev–Trinajstić information content (AvgIpc) is 3.06. The minimum Gasteiger partial charge on any atom is -0.445 e. The van der Waals surface area contributed by atoms with Crippen LogP contribution < -0.4 is 21.3 Å². The first-order chi connectivity index (χ1) is 23.6. The van der Waals surface area contributed by atoms with Gasteiger partial charge in [-0.3, -0.25) is 9.59 Å². The highest BCUT2D eigenvalue weighted by Crippen LogP contribution is 2.19. The van der Waals surface area contributed by atoms with Crippen LogP contribution in [0.3, 0.4) is 0 Å². The van der Waals surface area contributed by atoms with E-state index >= 15 is 0 Å². The molecule has 6 N–H and O–H groups in total. The first-order valence-electron chi connectivity index (χ1n) is 17.5. The first-order valence-corrected chi connectivity index (χ1v) is 17.5. The van der Waals surface area contributed by atoms with Crippen molar-refractivity contribution in [3.05, 3.63) is 71.8 Å². The summed E-state index contributed by atoms with van der Waals surface area (Å²) in [6.45, 7) is 14.8. The number of aliphatic hydroxyl groups is 2. The molecule has 0 fully saturated rings. The van der Waals surface area contributed by atoms with Crippen molar-refractivity contribution in [3.63, 3.8) is 0 Å². The van der Waals surface area contributed by atoms with Gasteiger partial charge in [-0.2, -0.15) is 0 Å². The van der Waals surface area contributed by atoms with Gasteiger partial charge in [-0.25, -0.2) is 9.59 Å². The lowest BCUT2D eigenvalue weighted by Crippen LogP contribution is -2.61. The van der Waals surface area contributed by atoms with Crippen molar-refractivity contribution >= 4 is 24.0 Å². The molecular weight excluding hydrogens is 640 g/mol. The van der Waals surface area contributed by atoms with Crippen LogP contribution >= 0.6 is 0 Å². The Morgan fingerprint density at radius 1 is 0.540 bits per heavy atom. The summed E-state index contributed by atoms with van der Waals surface area (Å²) in [5.41, 5.74) is 1.59. The molecule has 0 aliphatic rings. The number of nitrogens with one attached hydrogen (secondary N) is 4. The van der Waals surface area contributed by atoms with Gasteiger partial charge >= 0.3 is 12.2 Å². The Morgan fingerprint density at radius 3 is 1.14 bits per heavy atom. The molecular formula is C38H58N4O8. The zero-order valence-corrected chi connectivity index (χ0v) is 30.7. The molecule has 0 saturated carbocycles. The minimum atomic E-state index is -1.48. The molecule has 12 heteroatoms. The molecule has 0 saturated heterocycles. The van der Waals surface area contributed by atoms with Crippen molar-refractivity contribution in [1.29, 1.82) is 0 Å². The molecule has 2 aromatic carbocycles. The number of ether oxygens (including phenoxy) is 2. The molecule has 50 heavy (non-hydrogen) atoms. The Balaban J connectivity index is 2.15. The quantitative estimate of drug-likeness (QED) is 0.123. The maximum absolute atomic E-state index is 13.6. The summed E-state index contributed by atoms with van der Waals surface area (Å²) in [4.78, 5) is 52.4. The fraction of sp³-hybridized carbons (Fsp3) is 0.579. The maximum Gasteiger partial charge on any atom is 0.408 e. The van der Waals surface area contributed by atoms with E-state index in [4.69, 9.17) is 9.47 Å². The number of alkyl carbamates (subject to hydrolysis) is 2. The smallest absolute Gasteiger partial charge is 0.408 e. The minimum absolute atomic E-state index is 0.0120.